The van der Waals surface area contributed by atoms with E-state index >= 15 is 0 Å². The zero-order valence-electron chi connectivity index (χ0n) is 15.4. The van der Waals surface area contributed by atoms with Gasteiger partial charge in [0, 0.05) is 5.02 Å². The van der Waals surface area contributed by atoms with Gasteiger partial charge in [0.05, 0.1) is 22.4 Å². The molecule has 0 fully saturated rings. The summed E-state index contributed by atoms with van der Waals surface area (Å²) in [5.74, 6) is -0.477. The van der Waals surface area contributed by atoms with Crippen molar-refractivity contribution in [1.29, 1.82) is 0 Å². The second-order valence-corrected chi connectivity index (χ2v) is 6.99. The molecule has 5 nitrogen and oxygen atoms in total. The second-order valence-electron chi connectivity index (χ2n) is 6.15. The minimum Gasteiger partial charge on any atom is -0.423 e. The molecular weight excluding hydrogens is 411 g/mol. The highest BCUT2D eigenvalue weighted by molar-refractivity contribution is 6.36. The maximum atomic E-state index is 12.1. The molecule has 1 amide bonds. The van der Waals surface area contributed by atoms with Crippen molar-refractivity contribution < 1.29 is 14.3 Å². The lowest BCUT2D eigenvalue weighted by molar-refractivity contribution is 0.0734. The summed E-state index contributed by atoms with van der Waals surface area (Å²) in [7, 11) is 0. The van der Waals surface area contributed by atoms with Gasteiger partial charge in [0.2, 0.25) is 0 Å². The van der Waals surface area contributed by atoms with E-state index in [0.717, 1.165) is 5.56 Å². The van der Waals surface area contributed by atoms with Gasteiger partial charge in [0.25, 0.3) is 5.91 Å². The molecule has 29 heavy (non-hydrogen) atoms. The van der Waals surface area contributed by atoms with Gasteiger partial charge in [-0.25, -0.2) is 10.2 Å². The molecule has 0 spiro atoms. The van der Waals surface area contributed by atoms with Crippen LogP contribution >= 0.6 is 23.2 Å². The van der Waals surface area contributed by atoms with Gasteiger partial charge >= 0.3 is 5.97 Å². The average molecular weight is 427 g/mol. The number of hydrogen-bond acceptors (Lipinski definition) is 4. The van der Waals surface area contributed by atoms with Crippen LogP contribution in [0.2, 0.25) is 10.0 Å². The summed E-state index contributed by atoms with van der Waals surface area (Å²) >= 11 is 11.8. The Labute approximate surface area is 177 Å². The van der Waals surface area contributed by atoms with Crippen LogP contribution in [0.25, 0.3) is 0 Å². The first-order valence-corrected chi connectivity index (χ1v) is 9.35. The monoisotopic (exact) mass is 426 g/mol. The molecule has 0 aliphatic heterocycles. The van der Waals surface area contributed by atoms with Crippen LogP contribution < -0.4 is 10.2 Å². The Morgan fingerprint density at radius 3 is 2.31 bits per heavy atom. The van der Waals surface area contributed by atoms with Crippen LogP contribution in [0.15, 0.2) is 71.8 Å². The molecule has 3 aromatic rings. The third-order valence-electron chi connectivity index (χ3n) is 3.93. The van der Waals surface area contributed by atoms with Gasteiger partial charge in [-0.1, -0.05) is 40.9 Å². The van der Waals surface area contributed by atoms with Crippen LogP contribution in [0.3, 0.4) is 0 Å². The van der Waals surface area contributed by atoms with Gasteiger partial charge < -0.3 is 4.74 Å². The highest BCUT2D eigenvalue weighted by Crippen LogP contribution is 2.20. The molecule has 0 heterocycles. The van der Waals surface area contributed by atoms with Crippen LogP contribution in [0.4, 0.5) is 0 Å². The lowest BCUT2D eigenvalue weighted by Gasteiger charge is -2.05. The van der Waals surface area contributed by atoms with Crippen LogP contribution in [0.1, 0.15) is 31.8 Å². The fraction of sp³-hybridized carbons (Fsp3) is 0.0455. The molecule has 0 saturated carbocycles. The maximum Gasteiger partial charge on any atom is 0.343 e. The summed E-state index contributed by atoms with van der Waals surface area (Å²) in [6.07, 6.45) is 1.47. The Morgan fingerprint density at radius 1 is 0.966 bits per heavy atom. The van der Waals surface area contributed by atoms with Crippen molar-refractivity contribution >= 4 is 41.3 Å². The summed E-state index contributed by atoms with van der Waals surface area (Å²) in [6, 6.07) is 18.4. The van der Waals surface area contributed by atoms with E-state index in [1.807, 2.05) is 19.1 Å². The number of carbonyl (C=O) groups is 2. The van der Waals surface area contributed by atoms with Crippen molar-refractivity contribution in [1.82, 2.24) is 5.43 Å². The number of carbonyl (C=O) groups excluding carboxylic acids is 2. The van der Waals surface area contributed by atoms with Gasteiger partial charge in [-0.15, -0.1) is 0 Å². The first-order chi connectivity index (χ1) is 13.9. The second kappa shape index (κ2) is 9.37. The van der Waals surface area contributed by atoms with E-state index in [9.17, 15) is 9.59 Å². The molecule has 0 bridgehead atoms. The molecule has 3 aromatic carbocycles. The van der Waals surface area contributed by atoms with E-state index < -0.39 is 11.9 Å². The molecule has 0 atom stereocenters. The normalized spacial score (nSPS) is 10.7. The van der Waals surface area contributed by atoms with Crippen LogP contribution in [-0.2, 0) is 0 Å². The molecule has 3 rings (SSSR count). The minimum atomic E-state index is -0.452. The molecule has 0 aliphatic rings. The van der Waals surface area contributed by atoms with Gasteiger partial charge in [-0.05, 0) is 67.1 Å². The Hall–Kier alpha value is -3.15. The lowest BCUT2D eigenvalue weighted by Crippen LogP contribution is -2.18. The molecule has 0 aliphatic carbocycles. The van der Waals surface area contributed by atoms with Crippen LogP contribution in [0, 0.1) is 6.92 Å². The zero-order valence-corrected chi connectivity index (χ0v) is 16.9. The number of esters is 1. The number of hydrazone groups is 1. The lowest BCUT2D eigenvalue weighted by atomic mass is 10.1. The summed E-state index contributed by atoms with van der Waals surface area (Å²) in [6.45, 7) is 1.95. The summed E-state index contributed by atoms with van der Waals surface area (Å²) in [5, 5.41) is 4.59. The third-order valence-corrected chi connectivity index (χ3v) is 4.48. The van der Waals surface area contributed by atoms with Crippen LogP contribution in [0.5, 0.6) is 5.75 Å². The summed E-state index contributed by atoms with van der Waals surface area (Å²) < 4.78 is 5.34. The Kier molecular flexibility index (Phi) is 6.65. The number of nitrogens with zero attached hydrogens (tertiary/aromatic N) is 1. The summed E-state index contributed by atoms with van der Waals surface area (Å²) in [5.41, 5.74) is 4.92. The fourth-order valence-electron chi connectivity index (χ4n) is 2.38. The van der Waals surface area contributed by atoms with Gasteiger partial charge in [-0.3, -0.25) is 4.79 Å². The van der Waals surface area contributed by atoms with Crippen molar-refractivity contribution in [2.24, 2.45) is 5.10 Å². The standard InChI is InChI=1S/C22H16Cl2N2O3/c1-14-2-6-16(7-3-14)22(28)29-18-9-4-15(5-10-18)13-25-26-21(27)19-11-8-17(23)12-20(19)24/h2-13H,1H3,(H,26,27). The van der Waals surface area contributed by atoms with Gasteiger partial charge in [0.1, 0.15) is 5.75 Å². The number of aryl methyl sites for hydroxylation is 1. The number of halogens is 2. The van der Waals surface area contributed by atoms with Crippen molar-refractivity contribution in [3.05, 3.63) is 99.0 Å². The zero-order chi connectivity index (χ0) is 20.8. The smallest absolute Gasteiger partial charge is 0.343 e. The number of rotatable bonds is 5. The Balaban J connectivity index is 1.57. The van der Waals surface area contributed by atoms with E-state index in [2.05, 4.69) is 10.5 Å². The molecule has 146 valence electrons. The fourth-order valence-corrected chi connectivity index (χ4v) is 2.87. The number of ether oxygens (including phenoxy) is 1. The van der Waals surface area contributed by atoms with E-state index in [0.29, 0.717) is 21.9 Å². The predicted octanol–water partition coefficient (Wildman–Crippen LogP) is 5.28. The molecule has 1 N–H and O–H groups in total. The van der Waals surface area contributed by atoms with E-state index in [1.54, 1.807) is 42.5 Å². The van der Waals surface area contributed by atoms with Gasteiger partial charge in [0.15, 0.2) is 0 Å². The SMILES string of the molecule is Cc1ccc(C(=O)Oc2ccc(C=NNC(=O)c3ccc(Cl)cc3Cl)cc2)cc1. The first-order valence-electron chi connectivity index (χ1n) is 8.60. The minimum absolute atomic E-state index is 0.241. The largest absolute Gasteiger partial charge is 0.423 e. The molecular formula is C22H16Cl2N2O3. The van der Waals surface area contributed by atoms with Crippen molar-refractivity contribution in [2.75, 3.05) is 0 Å². The highest BCUT2D eigenvalue weighted by atomic mass is 35.5. The highest BCUT2D eigenvalue weighted by Gasteiger charge is 2.10. The third kappa shape index (κ3) is 5.67. The van der Waals surface area contributed by atoms with E-state index in [1.165, 1.54) is 18.3 Å². The number of hydrogen-bond donors (Lipinski definition) is 1. The molecule has 7 heteroatoms. The topological polar surface area (TPSA) is 67.8 Å². The number of benzene rings is 3. The molecule has 0 saturated heterocycles. The first kappa shape index (κ1) is 20.6. The Morgan fingerprint density at radius 2 is 1.66 bits per heavy atom. The van der Waals surface area contributed by atoms with Gasteiger partial charge in [-0.2, -0.15) is 5.10 Å². The van der Waals surface area contributed by atoms with Crippen molar-refractivity contribution in [2.45, 2.75) is 6.92 Å². The predicted molar refractivity (Wildman–Crippen MR) is 114 cm³/mol. The maximum absolute atomic E-state index is 12.1. The number of nitrogens with one attached hydrogen (secondary N) is 1. The molecule has 0 radical (unpaired) electrons. The molecule has 0 unspecified atom stereocenters. The molecule has 0 aromatic heterocycles. The van der Waals surface area contributed by atoms with E-state index in [-0.39, 0.29) is 10.6 Å². The Bertz CT molecular complexity index is 1060. The van der Waals surface area contributed by atoms with Crippen molar-refractivity contribution in [3.63, 3.8) is 0 Å². The van der Waals surface area contributed by atoms with Crippen molar-refractivity contribution in [3.8, 4) is 5.75 Å². The van der Waals surface area contributed by atoms with Crippen LogP contribution in [-0.4, -0.2) is 18.1 Å². The average Bonchev–Trinajstić information content (AvgIpc) is 2.69. The quantitative estimate of drug-likeness (QED) is 0.261. The number of amides is 1. The van der Waals surface area contributed by atoms with E-state index in [4.69, 9.17) is 27.9 Å². The summed E-state index contributed by atoms with van der Waals surface area (Å²) in [4.78, 5) is 24.2.